The van der Waals surface area contributed by atoms with E-state index in [4.69, 9.17) is 14.3 Å². The molecule has 10 heteroatoms. The summed E-state index contributed by atoms with van der Waals surface area (Å²) in [6, 6.07) is -0.139. The molecule has 1 aromatic heterocycles. The van der Waals surface area contributed by atoms with Crippen LogP contribution in [0.2, 0.25) is 0 Å². The number of methoxy groups -OCH3 is 2. The van der Waals surface area contributed by atoms with Crippen molar-refractivity contribution in [2.24, 2.45) is 5.16 Å². The maximum atomic E-state index is 12.4. The van der Waals surface area contributed by atoms with Gasteiger partial charge in [0.15, 0.2) is 0 Å². The highest BCUT2D eigenvalue weighted by Crippen LogP contribution is 2.45. The van der Waals surface area contributed by atoms with Crippen LogP contribution in [0.5, 0.6) is 11.8 Å². The van der Waals surface area contributed by atoms with Gasteiger partial charge in [-0.05, 0) is 20.8 Å². The molecule has 2 unspecified atom stereocenters. The van der Waals surface area contributed by atoms with E-state index >= 15 is 0 Å². The van der Waals surface area contributed by atoms with Crippen molar-refractivity contribution in [1.82, 2.24) is 4.98 Å². The van der Waals surface area contributed by atoms with Gasteiger partial charge in [-0.1, -0.05) is 17.8 Å². The average Bonchev–Trinajstić information content (AvgIpc) is 2.64. The van der Waals surface area contributed by atoms with Crippen molar-refractivity contribution in [3.63, 3.8) is 0 Å². The second kappa shape index (κ2) is 8.08. The second-order valence-electron chi connectivity index (χ2n) is 7.46. The zero-order valence-corrected chi connectivity index (χ0v) is 17.1. The van der Waals surface area contributed by atoms with Gasteiger partial charge < -0.3 is 29.3 Å². The number of aromatic nitrogens is 1. The Kier molecular flexibility index (Phi) is 6.17. The lowest BCUT2D eigenvalue weighted by atomic mass is 9.84. The molecule has 0 radical (unpaired) electrons. The molecule has 1 aliphatic heterocycles. The van der Waals surface area contributed by atoms with Crippen molar-refractivity contribution in [2.75, 3.05) is 27.4 Å². The van der Waals surface area contributed by atoms with Crippen LogP contribution in [0.4, 0.5) is 4.79 Å². The fraction of sp³-hybridized carbons (Fsp3) is 0.474. The number of hydrogen-bond acceptors (Lipinski definition) is 8. The molecule has 2 rings (SSSR count). The van der Waals surface area contributed by atoms with Crippen LogP contribution in [-0.2, 0) is 9.63 Å². The number of fused-ring (bicyclic) bond motifs is 1. The highest BCUT2D eigenvalue weighted by molar-refractivity contribution is 6.07. The van der Waals surface area contributed by atoms with Crippen molar-refractivity contribution < 1.29 is 38.6 Å². The lowest BCUT2D eigenvalue weighted by Gasteiger charge is -2.53. The number of rotatable bonds is 6. The van der Waals surface area contributed by atoms with E-state index in [1.54, 1.807) is 20.8 Å². The number of carboxylic acids is 1. The van der Waals surface area contributed by atoms with Crippen LogP contribution < -0.4 is 14.6 Å². The maximum Gasteiger partial charge on any atom is 0.368 e. The molecule has 2 atom stereocenters. The molecule has 158 valence electrons. The normalized spacial score (nSPS) is 22.5. The molecule has 0 bridgehead atoms. The Morgan fingerprint density at radius 3 is 2.52 bits per heavy atom. The lowest BCUT2D eigenvalue weighted by molar-refractivity contribution is -0.932. The number of hydrogen-bond donors (Lipinski definition) is 1. The zero-order valence-electron chi connectivity index (χ0n) is 17.1. The average molecular weight is 407 g/mol. The quantitative estimate of drug-likeness (QED) is 0.321. The first-order valence-corrected chi connectivity index (χ1v) is 8.80. The predicted octanol–water partition coefficient (Wildman–Crippen LogP) is 1.10. The van der Waals surface area contributed by atoms with Gasteiger partial charge in [0.25, 0.3) is 6.09 Å². The van der Waals surface area contributed by atoms with Gasteiger partial charge in [0.2, 0.25) is 17.8 Å². The van der Waals surface area contributed by atoms with E-state index in [1.165, 1.54) is 26.4 Å². The molecular formula is C19H25N3O7. The molecule has 1 amide bonds. The summed E-state index contributed by atoms with van der Waals surface area (Å²) in [7, 11) is 2.72. The molecule has 29 heavy (non-hydrogen) atoms. The van der Waals surface area contributed by atoms with E-state index in [0.717, 1.165) is 0 Å². The Morgan fingerprint density at radius 2 is 2.07 bits per heavy atom. The van der Waals surface area contributed by atoms with Gasteiger partial charge in [0, 0.05) is 11.6 Å². The Hall–Kier alpha value is -3.14. The summed E-state index contributed by atoms with van der Waals surface area (Å²) in [6.07, 6.45) is -0.0798. The van der Waals surface area contributed by atoms with E-state index in [2.05, 4.69) is 16.7 Å². The Morgan fingerprint density at radius 1 is 1.41 bits per heavy atom. The van der Waals surface area contributed by atoms with Crippen LogP contribution in [-0.4, -0.2) is 65.3 Å². The summed E-state index contributed by atoms with van der Waals surface area (Å²) >= 11 is 0. The fourth-order valence-corrected chi connectivity index (χ4v) is 3.55. The number of quaternary nitrogens is 1. The third-order valence-corrected chi connectivity index (χ3v) is 4.94. The van der Waals surface area contributed by atoms with Gasteiger partial charge in [-0.25, -0.2) is 9.28 Å². The summed E-state index contributed by atoms with van der Waals surface area (Å²) in [5.41, 5.74) is -0.510. The number of oxime groups is 1. The molecule has 1 aliphatic rings. The van der Waals surface area contributed by atoms with Gasteiger partial charge in [-0.2, -0.15) is 4.98 Å². The third kappa shape index (κ3) is 3.63. The first-order chi connectivity index (χ1) is 13.5. The van der Waals surface area contributed by atoms with Crippen LogP contribution in [0.25, 0.3) is 0 Å². The zero-order chi connectivity index (χ0) is 22.0. The summed E-state index contributed by atoms with van der Waals surface area (Å²) < 4.78 is 9.54. The second-order valence-corrected chi connectivity index (χ2v) is 7.46. The van der Waals surface area contributed by atoms with E-state index < -0.39 is 28.1 Å². The van der Waals surface area contributed by atoms with E-state index in [0.29, 0.717) is 0 Å². The predicted molar refractivity (Wildman–Crippen MR) is 101 cm³/mol. The van der Waals surface area contributed by atoms with Crippen molar-refractivity contribution in [1.29, 1.82) is 0 Å². The molecule has 10 nitrogen and oxygen atoms in total. The van der Waals surface area contributed by atoms with Crippen LogP contribution >= 0.6 is 0 Å². The lowest BCUT2D eigenvalue weighted by Crippen LogP contribution is -2.73. The fourth-order valence-electron chi connectivity index (χ4n) is 3.55. The largest absolute Gasteiger partial charge is 0.498 e. The molecule has 0 aliphatic carbocycles. The smallest absolute Gasteiger partial charge is 0.368 e. The van der Waals surface area contributed by atoms with Gasteiger partial charge in [-0.15, -0.1) is 0 Å². The first kappa shape index (κ1) is 22.2. The molecule has 0 aromatic carbocycles. The van der Waals surface area contributed by atoms with Crippen LogP contribution in [0, 0.1) is 0 Å². The Labute approximate surface area is 168 Å². The topological polar surface area (TPSA) is 130 Å². The molecule has 1 N–H and O–H groups in total. The highest BCUT2D eigenvalue weighted by atomic mass is 16.6. The van der Waals surface area contributed by atoms with Gasteiger partial charge in [0.1, 0.15) is 18.9 Å². The summed E-state index contributed by atoms with van der Waals surface area (Å²) in [5.74, 6) is -1.21. The van der Waals surface area contributed by atoms with Crippen molar-refractivity contribution in [3.05, 3.63) is 29.8 Å². The number of carbonyl (C=O) groups excluding carboxylic acids is 1. The molecular weight excluding hydrogens is 382 g/mol. The first-order valence-electron chi connectivity index (χ1n) is 8.80. The van der Waals surface area contributed by atoms with Crippen molar-refractivity contribution >= 4 is 17.8 Å². The standard InChI is InChI=1S/C19H25N3O7/c1-7-8-29-21-12-10-22(18(25)26,19(2,3)4)15(17(23)24)11-9-13(27-5)20-16(28-6)14(11)12/h7,9,15H,1,8,10H2,2-6H3,(H-,23,24,25,26). The molecule has 0 saturated heterocycles. The highest BCUT2D eigenvalue weighted by Gasteiger charge is 2.58. The molecule has 2 heterocycles. The number of aliphatic carboxylic acids is 1. The number of amides is 1. The van der Waals surface area contributed by atoms with E-state index in [9.17, 15) is 19.8 Å². The summed E-state index contributed by atoms with van der Waals surface area (Å²) in [6.45, 7) is 8.19. The van der Waals surface area contributed by atoms with Crippen LogP contribution in [0.3, 0.4) is 0 Å². The monoisotopic (exact) mass is 407 g/mol. The number of carbonyl (C=O) groups is 2. The number of ether oxygens (including phenoxy) is 2. The van der Waals surface area contributed by atoms with Gasteiger partial charge in [0.05, 0.1) is 25.3 Å². The molecule has 0 fully saturated rings. The molecule has 0 saturated carbocycles. The maximum absolute atomic E-state index is 12.4. The number of carboxylic acid groups (broad SMARTS) is 2. The van der Waals surface area contributed by atoms with Gasteiger partial charge >= 0.3 is 5.97 Å². The van der Waals surface area contributed by atoms with Crippen LogP contribution in [0.1, 0.15) is 37.9 Å². The minimum atomic E-state index is -1.55. The summed E-state index contributed by atoms with van der Waals surface area (Å²) in [5, 5.41) is 26.6. The van der Waals surface area contributed by atoms with Crippen molar-refractivity contribution in [2.45, 2.75) is 32.4 Å². The molecule has 0 spiro atoms. The minimum absolute atomic E-state index is 0.0524. The number of pyridine rings is 1. The molecule has 1 aromatic rings. The SMILES string of the molecule is C=CCON=C1C[N+](C(=O)[O-])(C(C)(C)C)C(C(=O)O)c2cc(OC)nc(OC)c21. The Bertz CT molecular complexity index is 860. The van der Waals surface area contributed by atoms with Crippen molar-refractivity contribution in [3.8, 4) is 11.8 Å². The summed E-state index contributed by atoms with van der Waals surface area (Å²) in [4.78, 5) is 34.2. The van der Waals surface area contributed by atoms with E-state index in [1.807, 2.05) is 0 Å². The Balaban J connectivity index is 2.96. The third-order valence-electron chi connectivity index (χ3n) is 4.94. The number of nitrogens with zero attached hydrogens (tertiary/aromatic N) is 3. The van der Waals surface area contributed by atoms with E-state index in [-0.39, 0.29) is 41.8 Å². The minimum Gasteiger partial charge on any atom is -0.498 e. The van der Waals surface area contributed by atoms with Crippen LogP contribution in [0.15, 0.2) is 23.9 Å². The van der Waals surface area contributed by atoms with Gasteiger partial charge in [-0.3, -0.25) is 0 Å².